The predicted octanol–water partition coefficient (Wildman–Crippen LogP) is 5.29. The van der Waals surface area contributed by atoms with Crippen molar-refractivity contribution in [1.29, 1.82) is 5.26 Å². The zero-order valence-corrected chi connectivity index (χ0v) is 17.1. The van der Waals surface area contributed by atoms with Crippen molar-refractivity contribution in [2.75, 3.05) is 25.5 Å². The van der Waals surface area contributed by atoms with Gasteiger partial charge in [0.1, 0.15) is 6.07 Å². The molecular weight excluding hydrogens is 370 g/mol. The molecule has 0 radical (unpaired) electrons. The SMILES string of the molecule is CN1CCC(c2cccc(C(=O)Nc3cc(-c4ccccc4)ccc3C#N)c2)CC1. The molecule has 4 heteroatoms. The molecule has 0 aromatic heterocycles. The monoisotopic (exact) mass is 395 g/mol. The summed E-state index contributed by atoms with van der Waals surface area (Å²) in [5, 5.41) is 12.4. The molecule has 3 aromatic carbocycles. The van der Waals surface area contributed by atoms with Gasteiger partial charge in [-0.1, -0.05) is 48.5 Å². The summed E-state index contributed by atoms with van der Waals surface area (Å²) in [6.07, 6.45) is 2.22. The normalized spacial score (nSPS) is 14.8. The fourth-order valence-electron chi connectivity index (χ4n) is 4.03. The van der Waals surface area contributed by atoms with E-state index < -0.39 is 0 Å². The molecule has 150 valence electrons. The van der Waals surface area contributed by atoms with Gasteiger partial charge in [0.25, 0.3) is 5.91 Å². The van der Waals surface area contributed by atoms with E-state index in [1.165, 1.54) is 5.56 Å². The van der Waals surface area contributed by atoms with E-state index in [-0.39, 0.29) is 5.91 Å². The summed E-state index contributed by atoms with van der Waals surface area (Å²) >= 11 is 0. The first kappa shape index (κ1) is 19.9. The third-order valence-electron chi connectivity index (χ3n) is 5.83. The lowest BCUT2D eigenvalue weighted by Crippen LogP contribution is -2.29. The number of carbonyl (C=O) groups excluding carboxylic acids is 1. The van der Waals surface area contributed by atoms with Crippen LogP contribution in [0.3, 0.4) is 0 Å². The molecule has 0 atom stereocenters. The van der Waals surface area contributed by atoms with E-state index in [9.17, 15) is 10.1 Å². The molecule has 3 aromatic rings. The highest BCUT2D eigenvalue weighted by atomic mass is 16.1. The predicted molar refractivity (Wildman–Crippen MR) is 120 cm³/mol. The first-order chi connectivity index (χ1) is 14.6. The molecule has 1 aliphatic heterocycles. The maximum absolute atomic E-state index is 13.0. The van der Waals surface area contributed by atoms with Gasteiger partial charge in [-0.3, -0.25) is 4.79 Å². The van der Waals surface area contributed by atoms with Gasteiger partial charge in [-0.05, 0) is 79.9 Å². The quantitative estimate of drug-likeness (QED) is 0.653. The van der Waals surface area contributed by atoms with Crippen LogP contribution in [0.5, 0.6) is 0 Å². The molecule has 1 heterocycles. The molecule has 0 unspecified atom stereocenters. The lowest BCUT2D eigenvalue weighted by Gasteiger charge is -2.29. The number of nitrogens with one attached hydrogen (secondary N) is 1. The van der Waals surface area contributed by atoms with Crippen LogP contribution in [-0.2, 0) is 0 Å². The summed E-state index contributed by atoms with van der Waals surface area (Å²) in [5.41, 5.74) is 4.84. The van der Waals surface area contributed by atoms with Gasteiger partial charge in [0.05, 0.1) is 11.3 Å². The van der Waals surface area contributed by atoms with Crippen molar-refractivity contribution >= 4 is 11.6 Å². The van der Waals surface area contributed by atoms with E-state index in [4.69, 9.17) is 0 Å². The van der Waals surface area contributed by atoms with Crippen molar-refractivity contribution in [2.45, 2.75) is 18.8 Å². The standard InChI is InChI=1S/C26H25N3O/c1-29-14-12-20(13-15-29)21-8-5-9-23(16-21)26(30)28-25-17-22(10-11-24(25)18-27)19-6-3-2-4-7-19/h2-11,16-17,20H,12-15H2,1H3,(H,28,30). The third-order valence-corrected chi connectivity index (χ3v) is 5.83. The highest BCUT2D eigenvalue weighted by molar-refractivity contribution is 6.05. The molecule has 0 aliphatic carbocycles. The Bertz CT molecular complexity index is 1080. The molecule has 1 fully saturated rings. The Morgan fingerprint density at radius 1 is 0.967 bits per heavy atom. The molecule has 1 N–H and O–H groups in total. The number of rotatable bonds is 4. The number of piperidine rings is 1. The van der Waals surface area contributed by atoms with Crippen LogP contribution in [-0.4, -0.2) is 30.9 Å². The van der Waals surface area contributed by atoms with Crippen molar-refractivity contribution in [2.24, 2.45) is 0 Å². The first-order valence-corrected chi connectivity index (χ1v) is 10.3. The van der Waals surface area contributed by atoms with Gasteiger partial charge in [0, 0.05) is 5.56 Å². The second kappa shape index (κ2) is 8.94. The smallest absolute Gasteiger partial charge is 0.255 e. The topological polar surface area (TPSA) is 56.1 Å². The zero-order chi connectivity index (χ0) is 20.9. The largest absolute Gasteiger partial charge is 0.321 e. The number of hydrogen-bond donors (Lipinski definition) is 1. The minimum absolute atomic E-state index is 0.188. The van der Waals surface area contributed by atoms with Crippen molar-refractivity contribution in [1.82, 2.24) is 4.90 Å². The van der Waals surface area contributed by atoms with Gasteiger partial charge >= 0.3 is 0 Å². The van der Waals surface area contributed by atoms with Crippen molar-refractivity contribution in [3.8, 4) is 17.2 Å². The van der Waals surface area contributed by atoms with Crippen LogP contribution in [0.2, 0.25) is 0 Å². The number of amides is 1. The van der Waals surface area contributed by atoms with Crippen LogP contribution >= 0.6 is 0 Å². The number of nitrogens with zero attached hydrogens (tertiary/aromatic N) is 2. The van der Waals surface area contributed by atoms with Gasteiger partial charge in [-0.2, -0.15) is 5.26 Å². The second-order valence-electron chi connectivity index (χ2n) is 7.90. The fourth-order valence-corrected chi connectivity index (χ4v) is 4.03. The van der Waals surface area contributed by atoms with E-state index in [0.717, 1.165) is 37.1 Å². The number of anilines is 1. The van der Waals surface area contributed by atoms with Crippen LogP contribution in [0.4, 0.5) is 5.69 Å². The number of nitriles is 1. The summed E-state index contributed by atoms with van der Waals surface area (Å²) in [4.78, 5) is 15.3. The molecule has 1 amide bonds. The summed E-state index contributed by atoms with van der Waals surface area (Å²) < 4.78 is 0. The van der Waals surface area contributed by atoms with Crippen LogP contribution in [0.1, 0.15) is 40.2 Å². The summed E-state index contributed by atoms with van der Waals surface area (Å²) in [6.45, 7) is 2.16. The van der Waals surface area contributed by atoms with Gasteiger partial charge in [0.2, 0.25) is 0 Å². The fraction of sp³-hybridized carbons (Fsp3) is 0.231. The summed E-state index contributed by atoms with van der Waals surface area (Å²) in [6, 6.07) is 25.5. The lowest BCUT2D eigenvalue weighted by molar-refractivity contribution is 0.102. The Hall–Kier alpha value is -3.42. The second-order valence-corrected chi connectivity index (χ2v) is 7.90. The average molecular weight is 396 g/mol. The molecule has 0 bridgehead atoms. The minimum atomic E-state index is -0.188. The first-order valence-electron chi connectivity index (χ1n) is 10.3. The molecule has 4 nitrogen and oxygen atoms in total. The van der Waals surface area contributed by atoms with Gasteiger partial charge in [-0.15, -0.1) is 0 Å². The van der Waals surface area contributed by atoms with E-state index in [1.54, 1.807) is 6.07 Å². The molecule has 0 saturated carbocycles. The molecule has 0 spiro atoms. The van der Waals surface area contributed by atoms with Gasteiger partial charge in [0.15, 0.2) is 0 Å². The van der Waals surface area contributed by atoms with Crippen molar-refractivity contribution in [3.05, 3.63) is 89.5 Å². The Kier molecular flexibility index (Phi) is 5.92. The lowest BCUT2D eigenvalue weighted by atomic mass is 9.88. The molecular formula is C26H25N3O. The van der Waals surface area contributed by atoms with Crippen LogP contribution < -0.4 is 5.32 Å². The number of carbonyl (C=O) groups is 1. The Morgan fingerprint density at radius 3 is 2.47 bits per heavy atom. The molecule has 4 rings (SSSR count). The Morgan fingerprint density at radius 2 is 1.73 bits per heavy atom. The highest BCUT2D eigenvalue weighted by Gasteiger charge is 2.19. The minimum Gasteiger partial charge on any atom is -0.321 e. The molecule has 1 aliphatic rings. The molecule has 30 heavy (non-hydrogen) atoms. The maximum Gasteiger partial charge on any atom is 0.255 e. The van der Waals surface area contributed by atoms with E-state index in [0.29, 0.717) is 22.7 Å². The number of benzene rings is 3. The number of likely N-dealkylation sites (tertiary alicyclic amines) is 1. The Labute approximate surface area is 177 Å². The maximum atomic E-state index is 13.0. The van der Waals surface area contributed by atoms with Gasteiger partial charge < -0.3 is 10.2 Å². The summed E-state index contributed by atoms with van der Waals surface area (Å²) in [7, 11) is 2.15. The van der Waals surface area contributed by atoms with Crippen molar-refractivity contribution in [3.63, 3.8) is 0 Å². The van der Waals surface area contributed by atoms with Crippen LogP contribution in [0.15, 0.2) is 72.8 Å². The van der Waals surface area contributed by atoms with E-state index in [2.05, 4.69) is 29.4 Å². The summed E-state index contributed by atoms with van der Waals surface area (Å²) in [5.74, 6) is 0.302. The van der Waals surface area contributed by atoms with Gasteiger partial charge in [-0.25, -0.2) is 0 Å². The molecule has 1 saturated heterocycles. The number of hydrogen-bond acceptors (Lipinski definition) is 3. The van der Waals surface area contributed by atoms with E-state index >= 15 is 0 Å². The highest BCUT2D eigenvalue weighted by Crippen LogP contribution is 2.29. The Balaban J connectivity index is 1.57. The average Bonchev–Trinajstić information content (AvgIpc) is 2.80. The van der Waals surface area contributed by atoms with Crippen molar-refractivity contribution < 1.29 is 4.79 Å². The van der Waals surface area contributed by atoms with Crippen LogP contribution in [0.25, 0.3) is 11.1 Å². The zero-order valence-electron chi connectivity index (χ0n) is 17.1. The third kappa shape index (κ3) is 4.42. The van der Waals surface area contributed by atoms with E-state index in [1.807, 2.05) is 60.7 Å². The van der Waals surface area contributed by atoms with Crippen LogP contribution in [0, 0.1) is 11.3 Å².